The molecule has 0 amide bonds. The number of rotatable bonds is 3. The first kappa shape index (κ1) is 25.0. The number of hydrogen-bond donors (Lipinski definition) is 0. The number of nitrogens with zero attached hydrogens (tertiary/aromatic N) is 2. The van der Waals surface area contributed by atoms with Gasteiger partial charge in [0, 0.05) is 38.9 Å². The lowest BCUT2D eigenvalue weighted by Gasteiger charge is -2.50. The highest BCUT2D eigenvalue weighted by Gasteiger charge is 2.59. The molecule has 3 aliphatic heterocycles. The molecule has 0 aliphatic carbocycles. The maximum absolute atomic E-state index is 2.75. The van der Waals surface area contributed by atoms with Gasteiger partial charge in [0.1, 0.15) is 0 Å². The molecule has 3 heterocycles. The summed E-state index contributed by atoms with van der Waals surface area (Å²) in [4.78, 5) is 5.34. The molecule has 0 aromatic heterocycles. The largest absolute Gasteiger partial charge is 0.335 e. The third-order valence-corrected chi connectivity index (χ3v) is 11.6. The second kappa shape index (κ2) is 8.54. The van der Waals surface area contributed by atoms with E-state index in [4.69, 9.17) is 0 Å². The van der Waals surface area contributed by atoms with Gasteiger partial charge < -0.3 is 9.80 Å². The minimum absolute atomic E-state index is 0.0335. The summed E-state index contributed by atoms with van der Waals surface area (Å²) in [6.45, 7) is 9.94. The van der Waals surface area contributed by atoms with Gasteiger partial charge in [0.2, 0.25) is 0 Å². The molecule has 43 heavy (non-hydrogen) atoms. The smallest absolute Gasteiger partial charge is 0.252 e. The van der Waals surface area contributed by atoms with Crippen LogP contribution in [0.4, 0.5) is 28.4 Å². The topological polar surface area (TPSA) is 6.48 Å². The Bertz CT molecular complexity index is 2130. The molecule has 0 saturated heterocycles. The Balaban J connectivity index is 1.45. The Morgan fingerprint density at radius 1 is 0.558 bits per heavy atom. The minimum atomic E-state index is -0.0335. The maximum atomic E-state index is 2.75. The second-order valence-corrected chi connectivity index (χ2v) is 13.1. The molecule has 2 unspecified atom stereocenters. The van der Waals surface area contributed by atoms with Gasteiger partial charge in [-0.1, -0.05) is 118 Å². The van der Waals surface area contributed by atoms with Crippen LogP contribution < -0.4 is 26.2 Å². The second-order valence-electron chi connectivity index (χ2n) is 13.1. The van der Waals surface area contributed by atoms with E-state index in [0.717, 1.165) is 12.8 Å². The summed E-state index contributed by atoms with van der Waals surface area (Å²) in [5.74, 6) is 0. The zero-order valence-electron chi connectivity index (χ0n) is 25.4. The molecule has 0 N–H and O–H groups in total. The quantitative estimate of drug-likeness (QED) is 0.202. The van der Waals surface area contributed by atoms with Gasteiger partial charge >= 0.3 is 0 Å². The highest BCUT2D eigenvalue weighted by atomic mass is 15.3. The van der Waals surface area contributed by atoms with Gasteiger partial charge in [-0.15, -0.1) is 0 Å². The van der Waals surface area contributed by atoms with Gasteiger partial charge in [-0.05, 0) is 70.7 Å². The van der Waals surface area contributed by atoms with Crippen molar-refractivity contribution in [3.8, 4) is 0 Å². The first-order valence-electron chi connectivity index (χ1n) is 15.9. The Morgan fingerprint density at radius 3 is 1.98 bits per heavy atom. The van der Waals surface area contributed by atoms with E-state index in [1.54, 1.807) is 0 Å². The predicted octanol–water partition coefficient (Wildman–Crippen LogP) is 8.59. The van der Waals surface area contributed by atoms with Crippen LogP contribution in [-0.2, 0) is 5.41 Å². The first-order valence-corrected chi connectivity index (χ1v) is 15.9. The average molecular weight is 555 g/mol. The lowest BCUT2D eigenvalue weighted by atomic mass is 9.33. The van der Waals surface area contributed by atoms with Crippen LogP contribution in [0.5, 0.6) is 0 Å². The zero-order chi connectivity index (χ0) is 29.1. The van der Waals surface area contributed by atoms with Crippen molar-refractivity contribution >= 4 is 73.1 Å². The molecule has 3 aliphatic rings. The Labute approximate surface area is 254 Å². The van der Waals surface area contributed by atoms with Crippen molar-refractivity contribution in [2.45, 2.75) is 51.5 Å². The van der Waals surface area contributed by atoms with Gasteiger partial charge in [0.25, 0.3) is 6.71 Å². The van der Waals surface area contributed by atoms with E-state index in [9.17, 15) is 0 Å². The standard InChI is InChI=1S/C40H35BN2/c1-5-39(3)30-19-12-20-31-38(30)43(40(39,4)6-2)35-23-13-22-34-36(35)41(31)32-25-24-27-15-8-10-18-29(27)37(32)42(34)33-21-11-16-26-14-7-9-17-28(26)33/h7-25H,5-6H2,1-4H3. The third kappa shape index (κ3) is 2.91. The van der Waals surface area contributed by atoms with Gasteiger partial charge in [-0.25, -0.2) is 0 Å². The van der Waals surface area contributed by atoms with Gasteiger partial charge in [-0.2, -0.15) is 0 Å². The van der Waals surface area contributed by atoms with Gasteiger partial charge in [0.15, 0.2) is 0 Å². The van der Waals surface area contributed by atoms with E-state index in [0.29, 0.717) is 0 Å². The van der Waals surface area contributed by atoms with Crippen LogP contribution in [0.1, 0.15) is 46.1 Å². The highest BCUT2D eigenvalue weighted by Crippen LogP contribution is 2.59. The molecule has 0 bridgehead atoms. The molecular weight excluding hydrogens is 519 g/mol. The molecule has 2 atom stereocenters. The molecule has 6 aromatic rings. The lowest BCUT2D eigenvalue weighted by molar-refractivity contribution is 0.261. The predicted molar refractivity (Wildman–Crippen MR) is 186 cm³/mol. The molecule has 6 aromatic carbocycles. The van der Waals surface area contributed by atoms with Crippen molar-refractivity contribution in [1.29, 1.82) is 0 Å². The number of benzene rings is 6. The van der Waals surface area contributed by atoms with E-state index < -0.39 is 0 Å². The van der Waals surface area contributed by atoms with Crippen LogP contribution >= 0.6 is 0 Å². The summed E-state index contributed by atoms with van der Waals surface area (Å²) in [7, 11) is 0. The fourth-order valence-electron chi connectivity index (χ4n) is 9.01. The van der Waals surface area contributed by atoms with Crippen molar-refractivity contribution < 1.29 is 0 Å². The monoisotopic (exact) mass is 554 g/mol. The minimum Gasteiger partial charge on any atom is -0.335 e. The van der Waals surface area contributed by atoms with Crippen molar-refractivity contribution in [1.82, 2.24) is 0 Å². The number of para-hydroxylation sites is 1. The molecule has 9 rings (SSSR count). The highest BCUT2D eigenvalue weighted by molar-refractivity contribution is 7.00. The Hall–Kier alpha value is -4.50. The summed E-state index contributed by atoms with van der Waals surface area (Å²) >= 11 is 0. The van der Waals surface area contributed by atoms with E-state index in [-0.39, 0.29) is 17.7 Å². The Kier molecular flexibility index (Phi) is 4.97. The van der Waals surface area contributed by atoms with Crippen molar-refractivity contribution in [3.05, 3.63) is 121 Å². The number of hydrogen-bond acceptors (Lipinski definition) is 2. The van der Waals surface area contributed by atoms with E-state index in [1.807, 2.05) is 0 Å². The van der Waals surface area contributed by atoms with Crippen LogP contribution in [0.25, 0.3) is 21.5 Å². The molecule has 0 radical (unpaired) electrons. The molecule has 2 nitrogen and oxygen atoms in total. The molecule has 3 heteroatoms. The van der Waals surface area contributed by atoms with Crippen LogP contribution in [0, 0.1) is 0 Å². The van der Waals surface area contributed by atoms with Crippen molar-refractivity contribution in [2.75, 3.05) is 9.80 Å². The maximum Gasteiger partial charge on any atom is 0.252 e. The van der Waals surface area contributed by atoms with Crippen LogP contribution in [0.2, 0.25) is 0 Å². The fraction of sp³-hybridized carbons (Fsp3) is 0.200. The summed E-state index contributed by atoms with van der Waals surface area (Å²) in [5, 5.41) is 5.12. The summed E-state index contributed by atoms with van der Waals surface area (Å²) in [6, 6.07) is 43.5. The van der Waals surface area contributed by atoms with Gasteiger partial charge in [0.05, 0.1) is 11.2 Å². The molecule has 0 spiro atoms. The molecule has 208 valence electrons. The van der Waals surface area contributed by atoms with Crippen LogP contribution in [0.15, 0.2) is 115 Å². The summed E-state index contributed by atoms with van der Waals surface area (Å²) in [6.07, 6.45) is 2.18. The number of fused-ring (bicyclic) bond motifs is 7. The van der Waals surface area contributed by atoms with Gasteiger partial charge in [-0.3, -0.25) is 0 Å². The van der Waals surface area contributed by atoms with E-state index >= 15 is 0 Å². The average Bonchev–Trinajstić information content (AvgIpc) is 3.27. The molecule has 0 fully saturated rings. The third-order valence-electron chi connectivity index (χ3n) is 11.6. The Morgan fingerprint density at radius 2 is 1.19 bits per heavy atom. The van der Waals surface area contributed by atoms with Crippen LogP contribution in [0.3, 0.4) is 0 Å². The lowest BCUT2D eigenvalue weighted by Crippen LogP contribution is -2.64. The van der Waals surface area contributed by atoms with E-state index in [1.165, 1.54) is 71.9 Å². The fourth-order valence-corrected chi connectivity index (χ4v) is 9.01. The van der Waals surface area contributed by atoms with Crippen LogP contribution in [-0.4, -0.2) is 12.3 Å². The SMILES string of the molecule is CCC1(C)c2cccc3c2N(c2cccc4c2B3c2ccc3ccccc3c2N4c2cccc3ccccc23)C1(C)CC. The summed E-state index contributed by atoms with van der Waals surface area (Å²) in [5.41, 5.74) is 12.4. The van der Waals surface area contributed by atoms with E-state index in [2.05, 4.69) is 153 Å². The molecule has 0 saturated carbocycles. The first-order chi connectivity index (χ1) is 21.0. The van der Waals surface area contributed by atoms with Crippen molar-refractivity contribution in [3.63, 3.8) is 0 Å². The number of anilines is 5. The summed E-state index contributed by atoms with van der Waals surface area (Å²) < 4.78 is 0. The van der Waals surface area contributed by atoms with Crippen molar-refractivity contribution in [2.24, 2.45) is 0 Å². The normalized spacial score (nSPS) is 21.3. The zero-order valence-corrected chi connectivity index (χ0v) is 25.4. The molecular formula is C40H35BN2.